The highest BCUT2D eigenvalue weighted by Gasteiger charge is 2.07. The molecule has 20 heavy (non-hydrogen) atoms. The fourth-order valence-corrected chi connectivity index (χ4v) is 1.90. The monoisotopic (exact) mass is 269 g/mol. The summed E-state index contributed by atoms with van der Waals surface area (Å²) >= 11 is 0. The van der Waals surface area contributed by atoms with Crippen molar-refractivity contribution >= 4 is 11.7 Å². The molecule has 0 spiro atoms. The van der Waals surface area contributed by atoms with Crippen LogP contribution in [0.5, 0.6) is 0 Å². The van der Waals surface area contributed by atoms with Crippen molar-refractivity contribution < 1.29 is 4.79 Å². The molecule has 104 valence electrons. The molecule has 1 heterocycles. The summed E-state index contributed by atoms with van der Waals surface area (Å²) in [6.07, 6.45) is 1.60. The second kappa shape index (κ2) is 6.19. The van der Waals surface area contributed by atoms with Gasteiger partial charge in [-0.2, -0.15) is 0 Å². The van der Waals surface area contributed by atoms with Crippen molar-refractivity contribution in [3.05, 3.63) is 59.3 Å². The number of hydrogen-bond donors (Lipinski definition) is 1. The molecule has 0 radical (unpaired) electrons. The fourth-order valence-electron chi connectivity index (χ4n) is 1.90. The molecule has 1 aromatic heterocycles. The van der Waals surface area contributed by atoms with Crippen LogP contribution in [0.4, 0.5) is 5.82 Å². The van der Waals surface area contributed by atoms with Crippen molar-refractivity contribution in [3.8, 4) is 0 Å². The predicted octanol–water partition coefficient (Wildman–Crippen LogP) is 2.70. The van der Waals surface area contributed by atoms with Gasteiger partial charge in [-0.3, -0.25) is 4.79 Å². The first-order valence-electron chi connectivity index (χ1n) is 6.53. The minimum Gasteiger partial charge on any atom is -0.366 e. The molecule has 0 atom stereocenters. The summed E-state index contributed by atoms with van der Waals surface area (Å²) in [4.78, 5) is 17.5. The zero-order valence-electron chi connectivity index (χ0n) is 12.1. The number of nitrogens with one attached hydrogen (secondary N) is 1. The molecule has 0 saturated carbocycles. The molecule has 1 aromatic carbocycles. The quantitative estimate of drug-likeness (QED) is 0.928. The van der Waals surface area contributed by atoms with Crippen LogP contribution in [0.1, 0.15) is 21.5 Å². The zero-order chi connectivity index (χ0) is 14.5. The number of anilines is 1. The van der Waals surface area contributed by atoms with Crippen LogP contribution in [0.2, 0.25) is 0 Å². The van der Waals surface area contributed by atoms with E-state index in [0.29, 0.717) is 5.56 Å². The van der Waals surface area contributed by atoms with Crippen LogP contribution in [0, 0.1) is 6.92 Å². The number of benzene rings is 1. The Balaban J connectivity index is 1.99. The van der Waals surface area contributed by atoms with Gasteiger partial charge in [0.1, 0.15) is 5.82 Å². The maximum atomic E-state index is 11.7. The number of hydrogen-bond acceptors (Lipinski definition) is 3. The zero-order valence-corrected chi connectivity index (χ0v) is 12.1. The Morgan fingerprint density at radius 1 is 1.25 bits per heavy atom. The summed E-state index contributed by atoms with van der Waals surface area (Å²) in [5.41, 5.74) is 3.04. The van der Waals surface area contributed by atoms with E-state index in [4.69, 9.17) is 0 Å². The lowest BCUT2D eigenvalue weighted by atomic mass is 10.1. The highest BCUT2D eigenvalue weighted by molar-refractivity contribution is 5.93. The highest BCUT2D eigenvalue weighted by Crippen LogP contribution is 2.10. The van der Waals surface area contributed by atoms with Crippen LogP contribution in [0.25, 0.3) is 0 Å². The molecule has 4 nitrogen and oxygen atoms in total. The smallest absolute Gasteiger partial charge is 0.254 e. The summed E-state index contributed by atoms with van der Waals surface area (Å²) in [6.45, 7) is 2.79. The van der Waals surface area contributed by atoms with Crippen molar-refractivity contribution in [2.24, 2.45) is 0 Å². The molecule has 2 aromatic rings. The van der Waals surface area contributed by atoms with E-state index in [1.165, 1.54) is 16.0 Å². The van der Waals surface area contributed by atoms with Gasteiger partial charge in [0.25, 0.3) is 5.91 Å². The van der Waals surface area contributed by atoms with Gasteiger partial charge in [-0.05, 0) is 24.6 Å². The van der Waals surface area contributed by atoms with Crippen LogP contribution in [0.3, 0.4) is 0 Å². The number of rotatable bonds is 4. The van der Waals surface area contributed by atoms with Gasteiger partial charge in [0, 0.05) is 26.8 Å². The van der Waals surface area contributed by atoms with E-state index in [1.807, 2.05) is 12.1 Å². The Hall–Kier alpha value is -2.36. The summed E-state index contributed by atoms with van der Waals surface area (Å²) in [7, 11) is 3.46. The molecule has 2 rings (SSSR count). The Bertz CT molecular complexity index is 591. The maximum Gasteiger partial charge on any atom is 0.254 e. The number of amides is 1. The van der Waals surface area contributed by atoms with Crippen LogP contribution >= 0.6 is 0 Å². The molecular formula is C16H19N3O. The summed E-state index contributed by atoms with van der Waals surface area (Å²) in [5, 5.41) is 3.25. The fraction of sp³-hybridized carbons (Fsp3) is 0.250. The first kappa shape index (κ1) is 14.1. The lowest BCUT2D eigenvalue weighted by Crippen LogP contribution is -2.21. The molecule has 1 amide bonds. The Labute approximate surface area is 119 Å². The molecular weight excluding hydrogens is 250 g/mol. The van der Waals surface area contributed by atoms with Gasteiger partial charge in [0.2, 0.25) is 0 Å². The summed E-state index contributed by atoms with van der Waals surface area (Å²) < 4.78 is 0. The van der Waals surface area contributed by atoms with Crippen LogP contribution in [0.15, 0.2) is 42.6 Å². The van der Waals surface area contributed by atoms with Crippen molar-refractivity contribution in [3.63, 3.8) is 0 Å². The van der Waals surface area contributed by atoms with Gasteiger partial charge >= 0.3 is 0 Å². The number of carbonyl (C=O) groups excluding carboxylic acids is 1. The van der Waals surface area contributed by atoms with Gasteiger partial charge in [-0.25, -0.2) is 4.98 Å². The van der Waals surface area contributed by atoms with E-state index in [0.717, 1.165) is 12.4 Å². The van der Waals surface area contributed by atoms with Crippen molar-refractivity contribution in [1.82, 2.24) is 9.88 Å². The molecule has 0 aliphatic rings. The van der Waals surface area contributed by atoms with E-state index in [-0.39, 0.29) is 5.91 Å². The van der Waals surface area contributed by atoms with Crippen LogP contribution in [-0.2, 0) is 6.54 Å². The van der Waals surface area contributed by atoms with Gasteiger partial charge in [-0.15, -0.1) is 0 Å². The molecule has 0 bridgehead atoms. The van der Waals surface area contributed by atoms with Gasteiger partial charge in [0.05, 0.1) is 5.56 Å². The topological polar surface area (TPSA) is 45.2 Å². The first-order chi connectivity index (χ1) is 9.56. The minimum absolute atomic E-state index is 0.0391. The lowest BCUT2D eigenvalue weighted by molar-refractivity contribution is 0.0827. The van der Waals surface area contributed by atoms with E-state index in [9.17, 15) is 4.79 Å². The van der Waals surface area contributed by atoms with Gasteiger partial charge in [0.15, 0.2) is 0 Å². The Morgan fingerprint density at radius 3 is 2.65 bits per heavy atom. The molecule has 0 aliphatic heterocycles. The third kappa shape index (κ3) is 3.57. The van der Waals surface area contributed by atoms with Crippen molar-refractivity contribution in [2.75, 3.05) is 19.4 Å². The average Bonchev–Trinajstić information content (AvgIpc) is 2.45. The standard InChI is InChI=1S/C16H19N3O/c1-12-5-4-6-13(9-12)10-17-15-8-7-14(11-18-15)16(20)19(2)3/h4-9,11H,10H2,1-3H3,(H,17,18). The Morgan fingerprint density at radius 2 is 2.05 bits per heavy atom. The molecule has 0 unspecified atom stereocenters. The van der Waals surface area contributed by atoms with Gasteiger partial charge < -0.3 is 10.2 Å². The molecule has 1 N–H and O–H groups in total. The minimum atomic E-state index is -0.0391. The lowest BCUT2D eigenvalue weighted by Gasteiger charge is -2.11. The Kier molecular flexibility index (Phi) is 4.35. The second-order valence-corrected chi connectivity index (χ2v) is 4.97. The van der Waals surface area contributed by atoms with E-state index in [1.54, 1.807) is 26.4 Å². The second-order valence-electron chi connectivity index (χ2n) is 4.97. The predicted molar refractivity (Wildman–Crippen MR) is 80.8 cm³/mol. The SMILES string of the molecule is Cc1cccc(CNc2ccc(C(=O)N(C)C)cn2)c1. The molecule has 0 aliphatic carbocycles. The maximum absolute atomic E-state index is 11.7. The normalized spacial score (nSPS) is 10.2. The van der Waals surface area contributed by atoms with Crippen molar-refractivity contribution in [1.29, 1.82) is 0 Å². The summed E-state index contributed by atoms with van der Waals surface area (Å²) in [6, 6.07) is 11.9. The van der Waals surface area contributed by atoms with Crippen LogP contribution < -0.4 is 5.32 Å². The van der Waals surface area contributed by atoms with E-state index in [2.05, 4.69) is 35.4 Å². The highest BCUT2D eigenvalue weighted by atomic mass is 16.2. The van der Waals surface area contributed by atoms with Crippen LogP contribution in [-0.4, -0.2) is 29.9 Å². The number of nitrogens with zero attached hydrogens (tertiary/aromatic N) is 2. The number of aromatic nitrogens is 1. The van der Waals surface area contributed by atoms with E-state index >= 15 is 0 Å². The van der Waals surface area contributed by atoms with Gasteiger partial charge in [-0.1, -0.05) is 29.8 Å². The number of aryl methyl sites for hydroxylation is 1. The average molecular weight is 269 g/mol. The van der Waals surface area contributed by atoms with E-state index < -0.39 is 0 Å². The number of pyridine rings is 1. The molecule has 0 fully saturated rings. The third-order valence-corrected chi connectivity index (χ3v) is 2.97. The molecule has 0 saturated heterocycles. The van der Waals surface area contributed by atoms with Crippen molar-refractivity contribution in [2.45, 2.75) is 13.5 Å². The molecule has 4 heteroatoms. The largest absolute Gasteiger partial charge is 0.366 e. The third-order valence-electron chi connectivity index (χ3n) is 2.97. The summed E-state index contributed by atoms with van der Waals surface area (Å²) in [5.74, 6) is 0.726. The number of carbonyl (C=O) groups is 1. The first-order valence-corrected chi connectivity index (χ1v) is 6.53.